The van der Waals surface area contributed by atoms with Gasteiger partial charge in [0.2, 0.25) is 5.91 Å². The molecule has 1 aliphatic rings. The van der Waals surface area contributed by atoms with E-state index in [9.17, 15) is 9.59 Å². The number of ether oxygens (including phenoxy) is 1. The van der Waals surface area contributed by atoms with Gasteiger partial charge in [-0.2, -0.15) is 0 Å². The lowest BCUT2D eigenvalue weighted by atomic mass is 9.97. The Bertz CT molecular complexity index is 795. The fourth-order valence-corrected chi connectivity index (χ4v) is 3.07. The second-order valence-corrected chi connectivity index (χ2v) is 6.58. The molecule has 0 radical (unpaired) electrons. The lowest BCUT2D eigenvalue weighted by Gasteiger charge is -2.30. The highest BCUT2D eigenvalue weighted by atomic mass is 35.5. The summed E-state index contributed by atoms with van der Waals surface area (Å²) < 4.78 is 5.72. The zero-order valence-corrected chi connectivity index (χ0v) is 14.9. The molecule has 1 aliphatic heterocycles. The predicted octanol–water partition coefficient (Wildman–Crippen LogP) is 3.86. The molecule has 1 saturated heterocycles. The second-order valence-electron chi connectivity index (χ2n) is 6.17. The van der Waals surface area contributed by atoms with Crippen LogP contribution in [0.2, 0.25) is 5.02 Å². The number of para-hydroxylation sites is 1. The maximum absolute atomic E-state index is 12.4. The summed E-state index contributed by atoms with van der Waals surface area (Å²) in [5.41, 5.74) is 5.97. The van der Waals surface area contributed by atoms with Crippen LogP contribution in [-0.4, -0.2) is 29.9 Å². The van der Waals surface area contributed by atoms with Crippen LogP contribution in [0.4, 0.5) is 10.5 Å². The fraction of sp³-hybridized carbons (Fsp3) is 0.263. The number of rotatable bonds is 4. The largest absolute Gasteiger partial charge is 0.456 e. The van der Waals surface area contributed by atoms with Crippen molar-refractivity contribution in [3.8, 4) is 11.5 Å². The Morgan fingerprint density at radius 2 is 1.88 bits per heavy atom. The molecule has 136 valence electrons. The summed E-state index contributed by atoms with van der Waals surface area (Å²) in [6.07, 6.45) is 1.51. The van der Waals surface area contributed by atoms with E-state index in [1.165, 1.54) is 4.90 Å². The summed E-state index contributed by atoms with van der Waals surface area (Å²) in [4.78, 5) is 25.2. The highest BCUT2D eigenvalue weighted by molar-refractivity contribution is 6.32. The number of amides is 3. The van der Waals surface area contributed by atoms with Gasteiger partial charge in [-0.15, -0.1) is 0 Å². The van der Waals surface area contributed by atoms with E-state index in [0.29, 0.717) is 35.3 Å². The summed E-state index contributed by atoms with van der Waals surface area (Å²) in [5, 5.41) is 3.40. The molecule has 0 saturated carbocycles. The van der Waals surface area contributed by atoms with E-state index in [1.54, 1.807) is 36.4 Å². The number of hydrogen-bond donors (Lipinski definition) is 2. The van der Waals surface area contributed by atoms with Gasteiger partial charge in [0.25, 0.3) is 0 Å². The number of nitrogens with zero attached hydrogens (tertiary/aromatic N) is 1. The van der Waals surface area contributed by atoms with Gasteiger partial charge in [0.1, 0.15) is 11.5 Å². The number of nitrogens with one attached hydrogen (secondary N) is 1. The van der Waals surface area contributed by atoms with Crippen molar-refractivity contribution >= 4 is 29.2 Å². The standard InChI is InChI=1S/C19H20ClN3O3/c20-16-5-1-2-6-17(16)26-15-9-7-14(8-10-15)22-18(24)13-4-3-11-23(12-13)19(21)25/h1-2,5-10,13H,3-4,11-12H2,(H2,21,25)(H,22,24)/t13-/m1/s1. The van der Waals surface area contributed by atoms with Gasteiger partial charge in [0, 0.05) is 18.8 Å². The molecule has 3 amide bonds. The molecular formula is C19H20ClN3O3. The van der Waals surface area contributed by atoms with E-state index in [0.717, 1.165) is 12.8 Å². The Labute approximate surface area is 156 Å². The van der Waals surface area contributed by atoms with E-state index in [-0.39, 0.29) is 11.8 Å². The van der Waals surface area contributed by atoms with Crippen molar-refractivity contribution in [1.29, 1.82) is 0 Å². The SMILES string of the molecule is NC(=O)N1CCC[C@@H](C(=O)Nc2ccc(Oc3ccccc3Cl)cc2)C1. The molecule has 0 aromatic heterocycles. The molecule has 7 heteroatoms. The molecule has 1 atom stereocenters. The average molecular weight is 374 g/mol. The molecule has 3 N–H and O–H groups in total. The number of halogens is 1. The third-order valence-electron chi connectivity index (χ3n) is 4.29. The Morgan fingerprint density at radius 3 is 2.58 bits per heavy atom. The highest BCUT2D eigenvalue weighted by Gasteiger charge is 2.27. The quantitative estimate of drug-likeness (QED) is 0.853. The summed E-state index contributed by atoms with van der Waals surface area (Å²) >= 11 is 6.08. The normalized spacial score (nSPS) is 16.8. The summed E-state index contributed by atoms with van der Waals surface area (Å²) in [6, 6.07) is 13.8. The fourth-order valence-electron chi connectivity index (χ4n) is 2.90. The summed E-state index contributed by atoms with van der Waals surface area (Å²) in [7, 11) is 0. The lowest BCUT2D eigenvalue weighted by molar-refractivity contribution is -0.121. The number of anilines is 1. The molecule has 2 aromatic rings. The zero-order chi connectivity index (χ0) is 18.5. The van der Waals surface area contributed by atoms with Crippen LogP contribution in [0.3, 0.4) is 0 Å². The monoisotopic (exact) mass is 373 g/mol. The first-order valence-electron chi connectivity index (χ1n) is 8.40. The molecule has 0 bridgehead atoms. The Balaban J connectivity index is 1.59. The third-order valence-corrected chi connectivity index (χ3v) is 4.60. The van der Waals surface area contributed by atoms with E-state index >= 15 is 0 Å². The lowest BCUT2D eigenvalue weighted by Crippen LogP contribution is -2.46. The van der Waals surface area contributed by atoms with Gasteiger partial charge >= 0.3 is 6.03 Å². The van der Waals surface area contributed by atoms with E-state index in [4.69, 9.17) is 22.1 Å². The average Bonchev–Trinajstić information content (AvgIpc) is 2.65. The maximum atomic E-state index is 12.4. The van der Waals surface area contributed by atoms with Gasteiger partial charge < -0.3 is 20.7 Å². The zero-order valence-electron chi connectivity index (χ0n) is 14.2. The van der Waals surface area contributed by atoms with Crippen LogP contribution in [0.25, 0.3) is 0 Å². The van der Waals surface area contributed by atoms with Crippen LogP contribution in [0.1, 0.15) is 12.8 Å². The molecule has 0 unspecified atom stereocenters. The van der Waals surface area contributed by atoms with Gasteiger partial charge in [-0.3, -0.25) is 4.79 Å². The number of primary amides is 1. The van der Waals surface area contributed by atoms with Gasteiger partial charge in [-0.25, -0.2) is 4.79 Å². The minimum atomic E-state index is -0.483. The van der Waals surface area contributed by atoms with Crippen molar-refractivity contribution in [3.05, 3.63) is 53.6 Å². The molecule has 2 aromatic carbocycles. The molecule has 1 heterocycles. The van der Waals surface area contributed by atoms with Gasteiger partial charge in [0.15, 0.2) is 0 Å². The summed E-state index contributed by atoms with van der Waals surface area (Å²) in [6.45, 7) is 0.960. The molecular weight excluding hydrogens is 354 g/mol. The molecule has 26 heavy (non-hydrogen) atoms. The Hall–Kier alpha value is -2.73. The highest BCUT2D eigenvalue weighted by Crippen LogP contribution is 2.29. The van der Waals surface area contributed by atoms with E-state index < -0.39 is 6.03 Å². The van der Waals surface area contributed by atoms with Gasteiger partial charge in [-0.1, -0.05) is 23.7 Å². The number of nitrogens with two attached hydrogens (primary N) is 1. The van der Waals surface area contributed by atoms with Crippen LogP contribution >= 0.6 is 11.6 Å². The van der Waals surface area contributed by atoms with Crippen molar-refractivity contribution < 1.29 is 14.3 Å². The first-order valence-corrected chi connectivity index (χ1v) is 8.78. The van der Waals surface area contributed by atoms with Crippen molar-refractivity contribution in [3.63, 3.8) is 0 Å². The molecule has 6 nitrogen and oxygen atoms in total. The smallest absolute Gasteiger partial charge is 0.314 e. The first-order chi connectivity index (χ1) is 12.5. The van der Waals surface area contributed by atoms with Gasteiger partial charge in [0.05, 0.1) is 10.9 Å². The van der Waals surface area contributed by atoms with Crippen LogP contribution in [0.15, 0.2) is 48.5 Å². The van der Waals surface area contributed by atoms with Crippen molar-refractivity contribution in [1.82, 2.24) is 4.90 Å². The first kappa shape index (κ1) is 18.1. The number of likely N-dealkylation sites (tertiary alicyclic amines) is 1. The van der Waals surface area contributed by atoms with Crippen molar-refractivity contribution in [2.45, 2.75) is 12.8 Å². The van der Waals surface area contributed by atoms with Gasteiger partial charge in [-0.05, 0) is 49.2 Å². The number of carbonyl (C=O) groups is 2. The number of carbonyl (C=O) groups excluding carboxylic acids is 2. The maximum Gasteiger partial charge on any atom is 0.314 e. The van der Waals surface area contributed by atoms with Crippen LogP contribution in [-0.2, 0) is 4.79 Å². The van der Waals surface area contributed by atoms with E-state index in [1.807, 2.05) is 12.1 Å². The number of piperidine rings is 1. The number of urea groups is 1. The predicted molar refractivity (Wildman–Crippen MR) is 100 cm³/mol. The minimum absolute atomic E-state index is 0.115. The molecule has 0 spiro atoms. The number of benzene rings is 2. The van der Waals surface area contributed by atoms with Crippen molar-refractivity contribution in [2.75, 3.05) is 18.4 Å². The molecule has 0 aliphatic carbocycles. The second kappa shape index (κ2) is 8.10. The number of hydrogen-bond acceptors (Lipinski definition) is 3. The van der Waals surface area contributed by atoms with E-state index in [2.05, 4.69) is 5.32 Å². The Kier molecular flexibility index (Phi) is 5.63. The molecule has 3 rings (SSSR count). The Morgan fingerprint density at radius 1 is 1.15 bits per heavy atom. The topological polar surface area (TPSA) is 84.7 Å². The van der Waals surface area contributed by atoms with Crippen LogP contribution < -0.4 is 15.8 Å². The van der Waals surface area contributed by atoms with Crippen molar-refractivity contribution in [2.24, 2.45) is 11.7 Å². The third kappa shape index (κ3) is 4.46. The summed E-state index contributed by atoms with van der Waals surface area (Å²) in [5.74, 6) is 0.819. The minimum Gasteiger partial charge on any atom is -0.456 e. The van der Waals surface area contributed by atoms with Crippen LogP contribution in [0.5, 0.6) is 11.5 Å². The van der Waals surface area contributed by atoms with Crippen LogP contribution in [0, 0.1) is 5.92 Å². The molecule has 1 fully saturated rings.